The third-order valence-electron chi connectivity index (χ3n) is 2.63. The van der Waals surface area contributed by atoms with Gasteiger partial charge in [0.25, 0.3) is 0 Å². The molecular formula is C12H15N5O2. The second kappa shape index (κ2) is 5.47. The Morgan fingerprint density at radius 1 is 1.42 bits per heavy atom. The highest BCUT2D eigenvalue weighted by atomic mass is 16.5. The van der Waals surface area contributed by atoms with Gasteiger partial charge >= 0.3 is 5.97 Å². The average molecular weight is 261 g/mol. The molecule has 0 aliphatic carbocycles. The molecule has 2 aromatic rings. The lowest BCUT2D eigenvalue weighted by Gasteiger charge is -2.04. The SMILES string of the molecule is COC(=O)c1ccc(NCc2cn(C)nc2C)nn1. The molecule has 0 bridgehead atoms. The van der Waals surface area contributed by atoms with Gasteiger partial charge in [0.2, 0.25) is 0 Å². The number of esters is 1. The van der Waals surface area contributed by atoms with Crippen LogP contribution >= 0.6 is 0 Å². The standard InChI is InChI=1S/C12H15N5O2/c1-8-9(7-17(2)16-8)6-13-11-5-4-10(14-15-11)12(18)19-3/h4-5,7H,6H2,1-3H3,(H,13,15). The van der Waals surface area contributed by atoms with Crippen LogP contribution in [-0.4, -0.2) is 33.1 Å². The smallest absolute Gasteiger partial charge is 0.358 e. The second-order valence-electron chi connectivity index (χ2n) is 4.06. The lowest BCUT2D eigenvalue weighted by molar-refractivity contribution is 0.0593. The Kier molecular flexibility index (Phi) is 3.74. The van der Waals surface area contributed by atoms with Crippen molar-refractivity contribution in [2.24, 2.45) is 7.05 Å². The summed E-state index contributed by atoms with van der Waals surface area (Å²) in [5.74, 6) is 0.0954. The minimum Gasteiger partial charge on any atom is -0.464 e. The third-order valence-corrected chi connectivity index (χ3v) is 2.63. The number of aromatic nitrogens is 4. The number of nitrogens with zero attached hydrogens (tertiary/aromatic N) is 4. The quantitative estimate of drug-likeness (QED) is 0.824. The van der Waals surface area contributed by atoms with Crippen molar-refractivity contribution in [2.45, 2.75) is 13.5 Å². The number of methoxy groups -OCH3 is 1. The molecule has 0 aliphatic rings. The Labute approximate surface area is 110 Å². The first-order valence-electron chi connectivity index (χ1n) is 5.75. The number of carbonyl (C=O) groups excluding carboxylic acids is 1. The highest BCUT2D eigenvalue weighted by Gasteiger charge is 2.08. The van der Waals surface area contributed by atoms with Gasteiger partial charge in [-0.25, -0.2) is 4.79 Å². The van der Waals surface area contributed by atoms with Crippen LogP contribution in [0, 0.1) is 6.92 Å². The van der Waals surface area contributed by atoms with Gasteiger partial charge in [0, 0.05) is 25.4 Å². The summed E-state index contributed by atoms with van der Waals surface area (Å²) in [6.07, 6.45) is 1.94. The zero-order valence-corrected chi connectivity index (χ0v) is 11.0. The fourth-order valence-electron chi connectivity index (χ4n) is 1.65. The average Bonchev–Trinajstić information content (AvgIpc) is 2.74. The van der Waals surface area contributed by atoms with E-state index in [1.807, 2.05) is 20.2 Å². The van der Waals surface area contributed by atoms with Crippen molar-refractivity contribution in [3.05, 3.63) is 35.3 Å². The molecule has 0 atom stereocenters. The number of hydrogen-bond donors (Lipinski definition) is 1. The highest BCUT2D eigenvalue weighted by Crippen LogP contribution is 2.09. The van der Waals surface area contributed by atoms with Crippen LogP contribution in [0.15, 0.2) is 18.3 Å². The maximum Gasteiger partial charge on any atom is 0.358 e. The summed E-state index contributed by atoms with van der Waals surface area (Å²) in [6, 6.07) is 3.25. The zero-order valence-electron chi connectivity index (χ0n) is 11.0. The fourth-order valence-corrected chi connectivity index (χ4v) is 1.65. The molecule has 2 rings (SSSR count). The van der Waals surface area contributed by atoms with E-state index in [-0.39, 0.29) is 5.69 Å². The molecule has 1 N–H and O–H groups in total. The molecule has 2 aromatic heterocycles. The van der Waals surface area contributed by atoms with Crippen molar-refractivity contribution < 1.29 is 9.53 Å². The number of carbonyl (C=O) groups is 1. The van der Waals surface area contributed by atoms with E-state index in [0.29, 0.717) is 12.4 Å². The number of rotatable bonds is 4. The van der Waals surface area contributed by atoms with E-state index in [1.54, 1.807) is 16.8 Å². The van der Waals surface area contributed by atoms with Gasteiger partial charge in [-0.1, -0.05) is 0 Å². The van der Waals surface area contributed by atoms with Crippen molar-refractivity contribution in [1.82, 2.24) is 20.0 Å². The largest absolute Gasteiger partial charge is 0.464 e. The summed E-state index contributed by atoms with van der Waals surface area (Å²) in [5, 5.41) is 15.1. The highest BCUT2D eigenvalue weighted by molar-refractivity contribution is 5.86. The molecule has 7 nitrogen and oxygen atoms in total. The molecule has 2 heterocycles. The van der Waals surface area contributed by atoms with E-state index in [2.05, 4.69) is 25.3 Å². The monoisotopic (exact) mass is 261 g/mol. The molecule has 7 heteroatoms. The van der Waals surface area contributed by atoms with Gasteiger partial charge in [-0.05, 0) is 19.1 Å². The number of nitrogens with one attached hydrogen (secondary N) is 1. The van der Waals surface area contributed by atoms with Crippen molar-refractivity contribution in [1.29, 1.82) is 0 Å². The van der Waals surface area contributed by atoms with Gasteiger partial charge in [0.05, 0.1) is 12.8 Å². The fraction of sp³-hybridized carbons (Fsp3) is 0.333. The molecule has 100 valence electrons. The molecular weight excluding hydrogens is 246 g/mol. The van der Waals surface area contributed by atoms with Crippen LogP contribution in [0.3, 0.4) is 0 Å². The Bertz CT molecular complexity index is 576. The first-order valence-corrected chi connectivity index (χ1v) is 5.75. The van der Waals surface area contributed by atoms with Crippen molar-refractivity contribution in [3.63, 3.8) is 0 Å². The zero-order chi connectivity index (χ0) is 13.8. The molecule has 0 unspecified atom stereocenters. The maximum atomic E-state index is 11.2. The van der Waals surface area contributed by atoms with Crippen LogP contribution in [-0.2, 0) is 18.3 Å². The maximum absolute atomic E-state index is 11.2. The molecule has 0 amide bonds. The van der Waals surface area contributed by atoms with Crippen molar-refractivity contribution >= 4 is 11.8 Å². The minimum atomic E-state index is -0.498. The predicted octanol–water partition coefficient (Wildman–Crippen LogP) is 0.917. The third kappa shape index (κ3) is 3.06. The van der Waals surface area contributed by atoms with Crippen molar-refractivity contribution in [3.8, 4) is 0 Å². The van der Waals surface area contributed by atoms with Gasteiger partial charge < -0.3 is 10.1 Å². The van der Waals surface area contributed by atoms with Crippen LogP contribution < -0.4 is 5.32 Å². The summed E-state index contributed by atoms with van der Waals surface area (Å²) < 4.78 is 6.31. The Morgan fingerprint density at radius 3 is 2.74 bits per heavy atom. The first kappa shape index (κ1) is 13.0. The van der Waals surface area contributed by atoms with Crippen molar-refractivity contribution in [2.75, 3.05) is 12.4 Å². The Morgan fingerprint density at radius 2 is 2.21 bits per heavy atom. The number of hydrogen-bond acceptors (Lipinski definition) is 6. The molecule has 0 aliphatic heterocycles. The van der Waals surface area contributed by atoms with Crippen LogP contribution in [0.25, 0.3) is 0 Å². The Hall–Kier alpha value is -2.44. The van der Waals surface area contributed by atoms with E-state index in [9.17, 15) is 4.79 Å². The lowest BCUT2D eigenvalue weighted by atomic mass is 10.2. The summed E-state index contributed by atoms with van der Waals surface area (Å²) in [5.41, 5.74) is 2.24. The molecule has 0 fully saturated rings. The summed E-state index contributed by atoms with van der Waals surface area (Å²) in [6.45, 7) is 2.55. The number of anilines is 1. The van der Waals surface area contributed by atoms with Gasteiger partial charge in [-0.3, -0.25) is 4.68 Å². The first-order chi connectivity index (χ1) is 9.10. The lowest BCUT2D eigenvalue weighted by Crippen LogP contribution is -2.08. The van der Waals surface area contributed by atoms with Gasteiger partial charge in [-0.2, -0.15) is 5.10 Å². The summed E-state index contributed by atoms with van der Waals surface area (Å²) >= 11 is 0. The molecule has 0 saturated heterocycles. The van der Waals surface area contributed by atoms with E-state index < -0.39 is 5.97 Å². The minimum absolute atomic E-state index is 0.186. The number of ether oxygens (including phenoxy) is 1. The van der Waals surface area contributed by atoms with Gasteiger partial charge in [0.15, 0.2) is 5.69 Å². The Balaban J connectivity index is 2.00. The van der Waals surface area contributed by atoms with E-state index in [0.717, 1.165) is 11.3 Å². The van der Waals surface area contributed by atoms with Crippen LogP contribution in [0.5, 0.6) is 0 Å². The van der Waals surface area contributed by atoms with E-state index >= 15 is 0 Å². The normalized spacial score (nSPS) is 10.3. The number of aryl methyl sites for hydroxylation is 2. The van der Waals surface area contributed by atoms with Crippen LogP contribution in [0.1, 0.15) is 21.7 Å². The van der Waals surface area contributed by atoms with Gasteiger partial charge in [0.1, 0.15) is 5.82 Å². The second-order valence-corrected chi connectivity index (χ2v) is 4.06. The molecule has 0 saturated carbocycles. The van der Waals surface area contributed by atoms with Gasteiger partial charge in [-0.15, -0.1) is 10.2 Å². The summed E-state index contributed by atoms with van der Waals surface area (Å²) in [7, 11) is 3.18. The topological polar surface area (TPSA) is 81.9 Å². The predicted molar refractivity (Wildman–Crippen MR) is 68.6 cm³/mol. The molecule has 0 radical (unpaired) electrons. The summed E-state index contributed by atoms with van der Waals surface area (Å²) in [4.78, 5) is 11.2. The molecule has 19 heavy (non-hydrogen) atoms. The van der Waals surface area contributed by atoms with E-state index in [1.165, 1.54) is 7.11 Å². The molecule has 0 spiro atoms. The van der Waals surface area contributed by atoms with Crippen LogP contribution in [0.2, 0.25) is 0 Å². The molecule has 0 aromatic carbocycles. The van der Waals surface area contributed by atoms with Crippen LogP contribution in [0.4, 0.5) is 5.82 Å². The van der Waals surface area contributed by atoms with E-state index in [4.69, 9.17) is 0 Å².